The van der Waals surface area contributed by atoms with Crippen molar-refractivity contribution < 1.29 is 14.3 Å². The fourth-order valence-corrected chi connectivity index (χ4v) is 0.774. The van der Waals surface area contributed by atoms with E-state index in [1.807, 2.05) is 0 Å². The molecule has 0 saturated carbocycles. The summed E-state index contributed by atoms with van der Waals surface area (Å²) in [6.07, 6.45) is 6.66. The number of carbonyl (C=O) groups excluding carboxylic acids is 2. The molecule has 0 aromatic rings. The van der Waals surface area contributed by atoms with E-state index in [0.717, 1.165) is 0 Å². The van der Waals surface area contributed by atoms with Crippen molar-refractivity contribution in [2.75, 3.05) is 0 Å². The van der Waals surface area contributed by atoms with E-state index in [0.29, 0.717) is 12.6 Å². The highest BCUT2D eigenvalue weighted by atomic mass is 16.5. The molecule has 3 nitrogen and oxygen atoms in total. The molecule has 0 fully saturated rings. The average Bonchev–Trinajstić information content (AvgIpc) is 2.28. The van der Waals surface area contributed by atoms with Crippen molar-refractivity contribution in [3.8, 4) is 0 Å². The van der Waals surface area contributed by atoms with Gasteiger partial charge in [-0.2, -0.15) is 0 Å². The fraction of sp³-hybridized carbons (Fsp3) is 0.250. The molecule has 1 aliphatic rings. The minimum absolute atomic E-state index is 0.597. The molecule has 1 heterocycles. The number of aldehydes is 2. The summed E-state index contributed by atoms with van der Waals surface area (Å²) in [5.41, 5.74) is 0. The van der Waals surface area contributed by atoms with Gasteiger partial charge in [-0.05, 0) is 12.2 Å². The zero-order chi connectivity index (χ0) is 8.10. The molecule has 0 spiro atoms. The first-order valence-electron chi connectivity index (χ1n) is 3.28. The standard InChI is InChI=1S/C8H8O3/c9-5-7-3-1-2-4-8(6-10)11-7/h1-8H. The molecule has 3 heteroatoms. The van der Waals surface area contributed by atoms with Gasteiger partial charge in [0.25, 0.3) is 0 Å². The summed E-state index contributed by atoms with van der Waals surface area (Å²) < 4.78 is 5.00. The van der Waals surface area contributed by atoms with Crippen molar-refractivity contribution in [1.29, 1.82) is 0 Å². The van der Waals surface area contributed by atoms with E-state index < -0.39 is 12.2 Å². The molecule has 2 unspecified atom stereocenters. The third-order valence-corrected chi connectivity index (χ3v) is 1.30. The Balaban J connectivity index is 2.64. The quantitative estimate of drug-likeness (QED) is 0.533. The molecule has 0 amide bonds. The molecule has 0 aliphatic carbocycles. The van der Waals surface area contributed by atoms with Gasteiger partial charge in [0.05, 0.1) is 0 Å². The first-order valence-corrected chi connectivity index (χ1v) is 3.28. The number of carbonyl (C=O) groups is 2. The molecule has 1 aliphatic heterocycles. The third kappa shape index (κ3) is 2.13. The summed E-state index contributed by atoms with van der Waals surface area (Å²) in [6.45, 7) is 0. The molecular formula is C8H8O3. The maximum Gasteiger partial charge on any atom is 0.152 e. The van der Waals surface area contributed by atoms with Crippen LogP contribution in [0.5, 0.6) is 0 Å². The fourth-order valence-electron chi connectivity index (χ4n) is 0.774. The Hall–Kier alpha value is -1.22. The van der Waals surface area contributed by atoms with Gasteiger partial charge in [-0.1, -0.05) is 12.2 Å². The number of hydrogen-bond acceptors (Lipinski definition) is 3. The van der Waals surface area contributed by atoms with Crippen LogP contribution in [0.2, 0.25) is 0 Å². The lowest BCUT2D eigenvalue weighted by molar-refractivity contribution is -0.123. The van der Waals surface area contributed by atoms with E-state index in [2.05, 4.69) is 0 Å². The summed E-state index contributed by atoms with van der Waals surface area (Å²) >= 11 is 0. The van der Waals surface area contributed by atoms with Gasteiger partial charge in [-0.25, -0.2) is 0 Å². The Morgan fingerprint density at radius 2 is 1.45 bits per heavy atom. The van der Waals surface area contributed by atoms with Crippen LogP contribution < -0.4 is 0 Å². The van der Waals surface area contributed by atoms with Crippen molar-refractivity contribution in [3.63, 3.8) is 0 Å². The van der Waals surface area contributed by atoms with Gasteiger partial charge in [0.1, 0.15) is 12.2 Å². The van der Waals surface area contributed by atoms with Crippen LogP contribution in [0.3, 0.4) is 0 Å². The molecular weight excluding hydrogens is 144 g/mol. The van der Waals surface area contributed by atoms with Crippen molar-refractivity contribution in [1.82, 2.24) is 0 Å². The molecule has 2 atom stereocenters. The van der Waals surface area contributed by atoms with E-state index in [4.69, 9.17) is 4.74 Å². The van der Waals surface area contributed by atoms with E-state index in [-0.39, 0.29) is 0 Å². The largest absolute Gasteiger partial charge is 0.352 e. The second-order valence-corrected chi connectivity index (χ2v) is 2.11. The van der Waals surface area contributed by atoms with Gasteiger partial charge in [0.15, 0.2) is 12.6 Å². The van der Waals surface area contributed by atoms with Gasteiger partial charge < -0.3 is 14.3 Å². The van der Waals surface area contributed by atoms with E-state index in [9.17, 15) is 9.59 Å². The Labute approximate surface area is 64.3 Å². The van der Waals surface area contributed by atoms with Crippen LogP contribution in [0, 0.1) is 0 Å². The third-order valence-electron chi connectivity index (χ3n) is 1.30. The Kier molecular flexibility index (Phi) is 2.74. The number of hydrogen-bond donors (Lipinski definition) is 0. The summed E-state index contributed by atoms with van der Waals surface area (Å²) in [7, 11) is 0. The SMILES string of the molecule is O=CC1C=CC=CC(C=O)O1. The first-order chi connectivity index (χ1) is 5.36. The molecule has 11 heavy (non-hydrogen) atoms. The summed E-state index contributed by atoms with van der Waals surface area (Å²) in [5.74, 6) is 0. The van der Waals surface area contributed by atoms with Crippen molar-refractivity contribution in [2.45, 2.75) is 12.2 Å². The smallest absolute Gasteiger partial charge is 0.152 e. The molecule has 0 bridgehead atoms. The van der Waals surface area contributed by atoms with E-state index in [1.54, 1.807) is 24.3 Å². The highest BCUT2D eigenvalue weighted by Gasteiger charge is 2.11. The molecule has 0 aromatic carbocycles. The number of rotatable bonds is 2. The summed E-state index contributed by atoms with van der Waals surface area (Å²) in [5, 5.41) is 0. The van der Waals surface area contributed by atoms with Gasteiger partial charge in [0.2, 0.25) is 0 Å². The summed E-state index contributed by atoms with van der Waals surface area (Å²) in [4.78, 5) is 20.5. The summed E-state index contributed by atoms with van der Waals surface area (Å²) in [6, 6.07) is 0. The van der Waals surface area contributed by atoms with E-state index in [1.165, 1.54) is 0 Å². The van der Waals surface area contributed by atoms with Crippen LogP contribution in [-0.2, 0) is 14.3 Å². The van der Waals surface area contributed by atoms with E-state index >= 15 is 0 Å². The molecule has 0 saturated heterocycles. The second kappa shape index (κ2) is 3.83. The average molecular weight is 152 g/mol. The minimum atomic E-state index is -0.597. The molecule has 0 radical (unpaired) electrons. The predicted molar refractivity (Wildman–Crippen MR) is 39.1 cm³/mol. The first kappa shape index (κ1) is 7.88. The van der Waals surface area contributed by atoms with Gasteiger partial charge in [0, 0.05) is 0 Å². The predicted octanol–water partition coefficient (Wildman–Crippen LogP) is 0.264. The maximum atomic E-state index is 10.3. The van der Waals surface area contributed by atoms with Crippen LogP contribution in [-0.4, -0.2) is 24.8 Å². The van der Waals surface area contributed by atoms with Gasteiger partial charge in [-0.3, -0.25) is 0 Å². The normalized spacial score (nSPS) is 29.5. The lowest BCUT2D eigenvalue weighted by Crippen LogP contribution is -2.20. The lowest BCUT2D eigenvalue weighted by atomic mass is 10.3. The van der Waals surface area contributed by atoms with Crippen LogP contribution in [0.4, 0.5) is 0 Å². The van der Waals surface area contributed by atoms with Gasteiger partial charge in [-0.15, -0.1) is 0 Å². The van der Waals surface area contributed by atoms with Crippen LogP contribution in [0.25, 0.3) is 0 Å². The zero-order valence-electron chi connectivity index (χ0n) is 5.84. The minimum Gasteiger partial charge on any atom is -0.352 e. The Morgan fingerprint density at radius 1 is 1.00 bits per heavy atom. The van der Waals surface area contributed by atoms with Gasteiger partial charge >= 0.3 is 0 Å². The highest BCUT2D eigenvalue weighted by Crippen LogP contribution is 2.02. The lowest BCUT2D eigenvalue weighted by Gasteiger charge is -2.08. The molecule has 1 rings (SSSR count). The van der Waals surface area contributed by atoms with Crippen LogP contribution in [0.15, 0.2) is 24.3 Å². The monoisotopic (exact) mass is 152 g/mol. The Bertz CT molecular complexity index is 183. The van der Waals surface area contributed by atoms with Crippen LogP contribution >= 0.6 is 0 Å². The zero-order valence-corrected chi connectivity index (χ0v) is 5.84. The maximum absolute atomic E-state index is 10.3. The molecule has 0 N–H and O–H groups in total. The topological polar surface area (TPSA) is 43.4 Å². The second-order valence-electron chi connectivity index (χ2n) is 2.11. The van der Waals surface area contributed by atoms with Crippen molar-refractivity contribution >= 4 is 12.6 Å². The van der Waals surface area contributed by atoms with Crippen molar-refractivity contribution in [3.05, 3.63) is 24.3 Å². The Morgan fingerprint density at radius 3 is 1.82 bits per heavy atom. The van der Waals surface area contributed by atoms with Crippen LogP contribution in [0.1, 0.15) is 0 Å². The highest BCUT2D eigenvalue weighted by molar-refractivity contribution is 5.64. The van der Waals surface area contributed by atoms with Crippen molar-refractivity contribution in [2.24, 2.45) is 0 Å². The molecule has 58 valence electrons. The molecule has 0 aromatic heterocycles. The number of allylic oxidation sites excluding steroid dienone is 2. The number of ether oxygens (including phenoxy) is 1.